The normalized spacial score (nSPS) is 16.4. The lowest BCUT2D eigenvalue weighted by Crippen LogP contribution is -2.56. The summed E-state index contributed by atoms with van der Waals surface area (Å²) in [6, 6.07) is 5.27. The van der Waals surface area contributed by atoms with Gasteiger partial charge in [-0.2, -0.15) is 0 Å². The Morgan fingerprint density at radius 1 is 1.13 bits per heavy atom. The first-order chi connectivity index (χ1) is 11.0. The summed E-state index contributed by atoms with van der Waals surface area (Å²) in [6.07, 6.45) is 3.58. The van der Waals surface area contributed by atoms with Crippen LogP contribution in [0.5, 0.6) is 11.5 Å². The first-order valence-electron chi connectivity index (χ1n) is 7.76. The van der Waals surface area contributed by atoms with Crippen LogP contribution in [0.25, 0.3) is 0 Å². The first-order valence-corrected chi connectivity index (χ1v) is 7.76. The largest absolute Gasteiger partial charge is 0.496 e. The highest BCUT2D eigenvalue weighted by molar-refractivity contribution is 5.88. The minimum absolute atomic E-state index is 0.0161. The number of amides is 1. The van der Waals surface area contributed by atoms with Crippen LogP contribution in [0.2, 0.25) is 0 Å². The molecule has 1 saturated carbocycles. The van der Waals surface area contributed by atoms with Gasteiger partial charge in [-0.1, -0.05) is 25.3 Å². The summed E-state index contributed by atoms with van der Waals surface area (Å²) in [6.45, 7) is 0. The van der Waals surface area contributed by atoms with Crippen LogP contribution >= 0.6 is 0 Å². The zero-order valence-corrected chi connectivity index (χ0v) is 13.6. The number of nitrogens with one attached hydrogen (secondary N) is 1. The number of benzene rings is 1. The fourth-order valence-corrected chi connectivity index (χ4v) is 3.12. The number of carboxylic acid groups (broad SMARTS) is 1. The predicted octanol–water partition coefficient (Wildman–Crippen LogP) is 2.15. The van der Waals surface area contributed by atoms with Crippen molar-refractivity contribution in [3.63, 3.8) is 0 Å². The van der Waals surface area contributed by atoms with Gasteiger partial charge in [-0.3, -0.25) is 4.79 Å². The Bertz CT molecular complexity index is 556. The molecular formula is C17H23NO5. The number of carboxylic acids is 1. The van der Waals surface area contributed by atoms with Gasteiger partial charge in [0.05, 0.1) is 20.6 Å². The van der Waals surface area contributed by atoms with Gasteiger partial charge in [0.2, 0.25) is 5.91 Å². The molecule has 0 heterocycles. The number of hydrogen-bond donors (Lipinski definition) is 2. The molecule has 1 aliphatic carbocycles. The first kappa shape index (κ1) is 17.1. The maximum Gasteiger partial charge on any atom is 0.329 e. The van der Waals surface area contributed by atoms with E-state index in [1.54, 1.807) is 18.2 Å². The van der Waals surface area contributed by atoms with Gasteiger partial charge in [-0.25, -0.2) is 4.79 Å². The number of aliphatic carboxylic acids is 1. The van der Waals surface area contributed by atoms with Gasteiger partial charge in [0.15, 0.2) is 0 Å². The van der Waals surface area contributed by atoms with Gasteiger partial charge in [0.1, 0.15) is 17.0 Å². The fraction of sp³-hybridized carbons (Fsp3) is 0.529. The van der Waals surface area contributed by atoms with Gasteiger partial charge in [0.25, 0.3) is 0 Å². The highest BCUT2D eigenvalue weighted by Gasteiger charge is 2.41. The van der Waals surface area contributed by atoms with Crippen molar-refractivity contribution in [2.45, 2.75) is 44.1 Å². The lowest BCUT2D eigenvalue weighted by atomic mass is 9.81. The predicted molar refractivity (Wildman–Crippen MR) is 84.8 cm³/mol. The quantitative estimate of drug-likeness (QED) is 0.838. The van der Waals surface area contributed by atoms with E-state index in [-0.39, 0.29) is 12.3 Å². The number of rotatable bonds is 6. The minimum Gasteiger partial charge on any atom is -0.496 e. The SMILES string of the molecule is COc1cccc(OC)c1CC(=O)NC1(C(=O)O)CCCCC1. The molecule has 1 aromatic carbocycles. The third kappa shape index (κ3) is 3.75. The second-order valence-corrected chi connectivity index (χ2v) is 5.81. The molecule has 6 heteroatoms. The Morgan fingerprint density at radius 3 is 2.17 bits per heavy atom. The number of ether oxygens (including phenoxy) is 2. The van der Waals surface area contributed by atoms with Crippen LogP contribution < -0.4 is 14.8 Å². The highest BCUT2D eigenvalue weighted by Crippen LogP contribution is 2.31. The molecule has 1 fully saturated rings. The molecule has 0 aromatic heterocycles. The Labute approximate surface area is 135 Å². The van der Waals surface area contributed by atoms with Crippen LogP contribution in [0.4, 0.5) is 0 Å². The number of carbonyl (C=O) groups is 2. The molecule has 2 rings (SSSR count). The Morgan fingerprint density at radius 2 is 1.70 bits per heavy atom. The van der Waals surface area contributed by atoms with Gasteiger partial charge < -0.3 is 19.9 Å². The molecular weight excluding hydrogens is 298 g/mol. The topological polar surface area (TPSA) is 84.9 Å². The Hall–Kier alpha value is -2.24. The van der Waals surface area contributed by atoms with E-state index in [0.717, 1.165) is 19.3 Å². The van der Waals surface area contributed by atoms with Crippen molar-refractivity contribution in [2.24, 2.45) is 0 Å². The van der Waals surface area contributed by atoms with Crippen LogP contribution in [0.1, 0.15) is 37.7 Å². The molecule has 6 nitrogen and oxygen atoms in total. The maximum absolute atomic E-state index is 12.4. The summed E-state index contributed by atoms with van der Waals surface area (Å²) in [5, 5.41) is 12.3. The van der Waals surface area contributed by atoms with E-state index in [0.29, 0.717) is 29.9 Å². The van der Waals surface area contributed by atoms with Crippen LogP contribution in [-0.2, 0) is 16.0 Å². The molecule has 0 unspecified atom stereocenters. The third-order valence-corrected chi connectivity index (χ3v) is 4.36. The summed E-state index contributed by atoms with van der Waals surface area (Å²) < 4.78 is 10.5. The average Bonchev–Trinajstić information content (AvgIpc) is 2.55. The summed E-state index contributed by atoms with van der Waals surface area (Å²) >= 11 is 0. The number of methoxy groups -OCH3 is 2. The summed E-state index contributed by atoms with van der Waals surface area (Å²) in [5.41, 5.74) is -0.531. The smallest absolute Gasteiger partial charge is 0.329 e. The van der Waals surface area contributed by atoms with Crippen molar-refractivity contribution in [3.8, 4) is 11.5 Å². The maximum atomic E-state index is 12.4. The monoisotopic (exact) mass is 321 g/mol. The molecule has 2 N–H and O–H groups in total. The van der Waals surface area contributed by atoms with Crippen molar-refractivity contribution in [2.75, 3.05) is 14.2 Å². The molecule has 0 saturated heterocycles. The summed E-state index contributed by atoms with van der Waals surface area (Å²) in [5.74, 6) is -0.199. The average molecular weight is 321 g/mol. The van der Waals surface area contributed by atoms with Crippen molar-refractivity contribution in [3.05, 3.63) is 23.8 Å². The third-order valence-electron chi connectivity index (χ3n) is 4.36. The Kier molecular flexibility index (Phi) is 5.47. The molecule has 126 valence electrons. The number of hydrogen-bond acceptors (Lipinski definition) is 4. The number of carbonyl (C=O) groups excluding carboxylic acids is 1. The van der Waals surface area contributed by atoms with E-state index in [1.165, 1.54) is 14.2 Å². The zero-order chi connectivity index (χ0) is 16.9. The summed E-state index contributed by atoms with van der Waals surface area (Å²) in [7, 11) is 3.05. The Balaban J connectivity index is 2.17. The lowest BCUT2D eigenvalue weighted by molar-refractivity contribution is -0.149. The van der Waals surface area contributed by atoms with Crippen molar-refractivity contribution >= 4 is 11.9 Å². The molecule has 0 radical (unpaired) electrons. The zero-order valence-electron chi connectivity index (χ0n) is 13.6. The van der Waals surface area contributed by atoms with E-state index in [9.17, 15) is 14.7 Å². The molecule has 0 bridgehead atoms. The molecule has 0 atom stereocenters. The lowest BCUT2D eigenvalue weighted by Gasteiger charge is -2.34. The summed E-state index contributed by atoms with van der Waals surface area (Å²) in [4.78, 5) is 24.1. The fourth-order valence-electron chi connectivity index (χ4n) is 3.12. The van der Waals surface area contributed by atoms with Gasteiger partial charge in [-0.15, -0.1) is 0 Å². The van der Waals surface area contributed by atoms with E-state index in [2.05, 4.69) is 5.32 Å². The molecule has 1 amide bonds. The molecule has 1 aliphatic rings. The molecule has 0 spiro atoms. The molecule has 1 aromatic rings. The second-order valence-electron chi connectivity index (χ2n) is 5.81. The van der Waals surface area contributed by atoms with Crippen molar-refractivity contribution in [1.29, 1.82) is 0 Å². The van der Waals surface area contributed by atoms with E-state index < -0.39 is 11.5 Å². The van der Waals surface area contributed by atoms with Gasteiger partial charge in [-0.05, 0) is 25.0 Å². The standard InChI is InChI=1S/C17H23NO5/c1-22-13-7-6-8-14(23-2)12(13)11-15(19)18-17(16(20)21)9-4-3-5-10-17/h6-8H,3-5,9-11H2,1-2H3,(H,18,19)(H,20,21). The van der Waals surface area contributed by atoms with E-state index >= 15 is 0 Å². The van der Waals surface area contributed by atoms with Crippen LogP contribution in [0, 0.1) is 0 Å². The van der Waals surface area contributed by atoms with Gasteiger partial charge >= 0.3 is 5.97 Å². The molecule has 23 heavy (non-hydrogen) atoms. The van der Waals surface area contributed by atoms with Crippen LogP contribution in [0.3, 0.4) is 0 Å². The van der Waals surface area contributed by atoms with Gasteiger partial charge in [0, 0.05) is 5.56 Å². The van der Waals surface area contributed by atoms with Crippen molar-refractivity contribution < 1.29 is 24.2 Å². The second kappa shape index (κ2) is 7.35. The van der Waals surface area contributed by atoms with E-state index in [1.807, 2.05) is 0 Å². The van der Waals surface area contributed by atoms with Crippen LogP contribution in [0.15, 0.2) is 18.2 Å². The molecule has 0 aliphatic heterocycles. The highest BCUT2D eigenvalue weighted by atomic mass is 16.5. The van der Waals surface area contributed by atoms with Crippen molar-refractivity contribution in [1.82, 2.24) is 5.32 Å². The van der Waals surface area contributed by atoms with Crippen LogP contribution in [-0.4, -0.2) is 36.7 Å². The van der Waals surface area contributed by atoms with E-state index in [4.69, 9.17) is 9.47 Å². The minimum atomic E-state index is -1.15.